The molecule has 0 saturated carbocycles. The normalized spacial score (nSPS) is 15.0. The molecule has 0 atom stereocenters. The Balaban J connectivity index is 1.90. The lowest BCUT2D eigenvalue weighted by Gasteiger charge is -2.21. The van der Waals surface area contributed by atoms with Gasteiger partial charge in [0, 0.05) is 25.0 Å². The smallest absolute Gasteiger partial charge is 0.151 e. The molecule has 0 fully saturated rings. The molecule has 2 aromatic heterocycles. The van der Waals surface area contributed by atoms with E-state index in [2.05, 4.69) is 25.6 Å². The number of nitriles is 1. The first kappa shape index (κ1) is 20.6. The molecule has 0 radical (unpaired) electrons. The molecular formula is C22H18FN9. The lowest BCUT2D eigenvalue weighted by Crippen LogP contribution is -2.36. The van der Waals surface area contributed by atoms with Crippen LogP contribution in [0.25, 0.3) is 11.3 Å². The molecule has 0 saturated heterocycles. The molecule has 158 valence electrons. The van der Waals surface area contributed by atoms with Crippen molar-refractivity contribution in [2.45, 2.75) is 6.54 Å². The number of aryl methyl sites for hydroxylation is 1. The van der Waals surface area contributed by atoms with E-state index in [-0.39, 0.29) is 34.1 Å². The Morgan fingerprint density at radius 1 is 1.22 bits per heavy atom. The summed E-state index contributed by atoms with van der Waals surface area (Å²) in [7, 11) is 1.71. The summed E-state index contributed by atoms with van der Waals surface area (Å²) in [6.07, 6.45) is 3.24. The van der Waals surface area contributed by atoms with Crippen molar-refractivity contribution < 1.29 is 4.39 Å². The molecular weight excluding hydrogens is 409 g/mol. The van der Waals surface area contributed by atoms with Gasteiger partial charge in [0.15, 0.2) is 5.84 Å². The number of hydrazone groups is 1. The summed E-state index contributed by atoms with van der Waals surface area (Å²) in [5, 5.41) is 26.3. The number of pyridine rings is 1. The third kappa shape index (κ3) is 3.75. The second-order valence-corrected chi connectivity index (χ2v) is 6.83. The van der Waals surface area contributed by atoms with Crippen LogP contribution in [0.5, 0.6) is 0 Å². The number of hydrogen-bond acceptors (Lipinski definition) is 8. The number of aliphatic imine (C=N–C) groups is 1. The Morgan fingerprint density at radius 3 is 2.75 bits per heavy atom. The van der Waals surface area contributed by atoms with Gasteiger partial charge in [0.2, 0.25) is 0 Å². The quantitative estimate of drug-likeness (QED) is 0.536. The Morgan fingerprint density at radius 2 is 2.06 bits per heavy atom. The monoisotopic (exact) mass is 427 g/mol. The van der Waals surface area contributed by atoms with Crippen LogP contribution in [0.15, 0.2) is 65.0 Å². The fourth-order valence-electron chi connectivity index (χ4n) is 3.26. The molecule has 0 spiro atoms. The van der Waals surface area contributed by atoms with E-state index in [1.165, 1.54) is 12.1 Å². The summed E-state index contributed by atoms with van der Waals surface area (Å²) in [5.74, 6) is -0.846. The van der Waals surface area contributed by atoms with E-state index in [1.807, 2.05) is 24.3 Å². The van der Waals surface area contributed by atoms with Gasteiger partial charge in [-0.2, -0.15) is 15.5 Å². The zero-order valence-corrected chi connectivity index (χ0v) is 17.0. The predicted molar refractivity (Wildman–Crippen MR) is 119 cm³/mol. The standard InChI is InChI=1S/C22H18FN9/c1-32-16(8-10-29-32)17-20(15-7-4-5-13(11-24)18(15)23)30-22(26)19(25)21(17)31-28-12-14-6-2-3-9-27-14/h2-10,25,28H,12H2,1H3,(H2,26,30)/b25-19?,31-21-. The molecule has 0 bridgehead atoms. The fourth-order valence-corrected chi connectivity index (χ4v) is 3.26. The third-order valence-electron chi connectivity index (χ3n) is 4.83. The minimum absolute atomic E-state index is 0.0770. The molecule has 9 nitrogen and oxygen atoms in total. The molecule has 0 amide bonds. The molecule has 1 aliphatic rings. The summed E-state index contributed by atoms with van der Waals surface area (Å²) in [6.45, 7) is 0.306. The zero-order valence-electron chi connectivity index (χ0n) is 17.0. The largest absolute Gasteiger partial charge is 0.382 e. The van der Waals surface area contributed by atoms with Crippen LogP contribution in [0.2, 0.25) is 0 Å². The van der Waals surface area contributed by atoms with Gasteiger partial charge in [-0.15, -0.1) is 0 Å². The molecule has 1 aliphatic heterocycles. The number of halogens is 1. The summed E-state index contributed by atoms with van der Waals surface area (Å²) in [6, 6.07) is 13.5. The van der Waals surface area contributed by atoms with Gasteiger partial charge in [-0.05, 0) is 30.3 Å². The first-order valence-corrected chi connectivity index (χ1v) is 9.57. The maximum absolute atomic E-state index is 15.1. The minimum atomic E-state index is -0.726. The topological polar surface area (TPSA) is 141 Å². The number of benzene rings is 1. The summed E-state index contributed by atoms with van der Waals surface area (Å²) >= 11 is 0. The summed E-state index contributed by atoms with van der Waals surface area (Å²) < 4.78 is 16.7. The second kappa shape index (κ2) is 8.61. The number of hydrogen-bond donors (Lipinski definition) is 3. The van der Waals surface area contributed by atoms with Gasteiger partial charge >= 0.3 is 0 Å². The highest BCUT2D eigenvalue weighted by atomic mass is 19.1. The third-order valence-corrected chi connectivity index (χ3v) is 4.83. The van der Waals surface area contributed by atoms with E-state index < -0.39 is 5.82 Å². The summed E-state index contributed by atoms with van der Waals surface area (Å²) in [5.41, 5.74) is 10.8. The van der Waals surface area contributed by atoms with Crippen molar-refractivity contribution in [1.29, 1.82) is 10.7 Å². The number of allylic oxidation sites excluding steroid dienone is 1. The van der Waals surface area contributed by atoms with Crippen LogP contribution in [0.3, 0.4) is 0 Å². The van der Waals surface area contributed by atoms with Gasteiger partial charge in [0.1, 0.15) is 23.3 Å². The predicted octanol–water partition coefficient (Wildman–Crippen LogP) is 2.23. The molecule has 3 aromatic rings. The van der Waals surface area contributed by atoms with E-state index in [1.54, 1.807) is 36.3 Å². The molecule has 3 heterocycles. The lowest BCUT2D eigenvalue weighted by molar-refractivity contribution is 0.620. The van der Waals surface area contributed by atoms with E-state index in [0.717, 1.165) is 5.69 Å². The first-order chi connectivity index (χ1) is 15.5. The average Bonchev–Trinajstić information content (AvgIpc) is 3.22. The molecule has 32 heavy (non-hydrogen) atoms. The van der Waals surface area contributed by atoms with E-state index in [9.17, 15) is 5.26 Å². The molecule has 0 aliphatic carbocycles. The maximum Gasteiger partial charge on any atom is 0.151 e. The van der Waals surface area contributed by atoms with Gasteiger partial charge in [-0.3, -0.25) is 15.1 Å². The zero-order chi connectivity index (χ0) is 22.7. The number of aromatic nitrogens is 3. The number of nitrogens with two attached hydrogens (primary N) is 1. The molecule has 4 rings (SSSR count). The second-order valence-electron chi connectivity index (χ2n) is 6.83. The number of nitrogens with one attached hydrogen (secondary N) is 2. The molecule has 1 aromatic carbocycles. The van der Waals surface area contributed by atoms with Crippen molar-refractivity contribution in [2.75, 3.05) is 0 Å². The lowest BCUT2D eigenvalue weighted by atomic mass is 9.93. The van der Waals surface area contributed by atoms with Crippen molar-refractivity contribution in [1.82, 2.24) is 20.2 Å². The Bertz CT molecular complexity index is 1330. The average molecular weight is 427 g/mol. The van der Waals surface area contributed by atoms with Crippen LogP contribution in [0.1, 0.15) is 22.5 Å². The Hall–Kier alpha value is -4.65. The number of nitrogens with zero attached hydrogens (tertiary/aromatic N) is 6. The number of rotatable bonds is 5. The van der Waals surface area contributed by atoms with E-state index in [0.29, 0.717) is 17.8 Å². The number of amidine groups is 1. The Kier molecular flexibility index (Phi) is 5.55. The van der Waals surface area contributed by atoms with Crippen LogP contribution < -0.4 is 11.2 Å². The van der Waals surface area contributed by atoms with Crippen molar-refractivity contribution in [3.05, 3.63) is 83.2 Å². The fraction of sp³-hybridized carbons (Fsp3) is 0.0909. The van der Waals surface area contributed by atoms with Crippen molar-refractivity contribution in [3.63, 3.8) is 0 Å². The van der Waals surface area contributed by atoms with Crippen molar-refractivity contribution in [2.24, 2.45) is 22.9 Å². The summed E-state index contributed by atoms with van der Waals surface area (Å²) in [4.78, 5) is 8.53. The van der Waals surface area contributed by atoms with E-state index in [4.69, 9.17) is 11.1 Å². The maximum atomic E-state index is 15.1. The van der Waals surface area contributed by atoms with Crippen LogP contribution in [0.4, 0.5) is 4.39 Å². The van der Waals surface area contributed by atoms with Gasteiger partial charge in [-0.1, -0.05) is 12.1 Å². The Labute approximate surface area is 182 Å². The van der Waals surface area contributed by atoms with Gasteiger partial charge in [-0.25, -0.2) is 9.38 Å². The van der Waals surface area contributed by atoms with E-state index >= 15 is 4.39 Å². The SMILES string of the molecule is Cn1nccc1C1=C(c2cccc(C#N)c2F)N=C(N)C(=N)/C1=N\NCc1ccccn1. The highest BCUT2D eigenvalue weighted by Crippen LogP contribution is 2.33. The van der Waals surface area contributed by atoms with Crippen molar-refractivity contribution in [3.8, 4) is 6.07 Å². The van der Waals surface area contributed by atoms with Crippen LogP contribution >= 0.6 is 0 Å². The van der Waals surface area contributed by atoms with Crippen LogP contribution in [0, 0.1) is 22.6 Å². The minimum Gasteiger partial charge on any atom is -0.382 e. The van der Waals surface area contributed by atoms with Gasteiger partial charge in [0.25, 0.3) is 0 Å². The molecule has 0 unspecified atom stereocenters. The van der Waals surface area contributed by atoms with Crippen LogP contribution in [-0.4, -0.2) is 32.0 Å². The first-order valence-electron chi connectivity index (χ1n) is 9.57. The van der Waals surface area contributed by atoms with Gasteiger partial charge < -0.3 is 11.2 Å². The molecule has 10 heteroatoms. The highest BCUT2D eigenvalue weighted by Gasteiger charge is 2.30. The van der Waals surface area contributed by atoms with Gasteiger partial charge in [0.05, 0.1) is 34.8 Å². The highest BCUT2D eigenvalue weighted by molar-refractivity contribution is 6.77. The van der Waals surface area contributed by atoms with Crippen molar-refractivity contribution >= 4 is 28.5 Å². The van der Waals surface area contributed by atoms with Crippen LogP contribution in [-0.2, 0) is 13.6 Å². The molecule has 4 N–H and O–H groups in total.